The van der Waals surface area contributed by atoms with Crippen LogP contribution in [0, 0.1) is 16.7 Å². The van der Waals surface area contributed by atoms with Crippen LogP contribution in [0.1, 0.15) is 80.1 Å². The van der Waals surface area contributed by atoms with Crippen LogP contribution in [0.2, 0.25) is 0 Å². The molecule has 1 rings (SSSR count). The highest BCUT2D eigenvalue weighted by atomic mass is 15.2. The molecule has 0 amide bonds. The molecule has 0 bridgehead atoms. The molecule has 126 valence electrons. The molecule has 0 heterocycles. The van der Waals surface area contributed by atoms with Gasteiger partial charge in [0.25, 0.3) is 0 Å². The summed E-state index contributed by atoms with van der Waals surface area (Å²) in [5.74, 6) is 0.921. The molecule has 0 aliphatic heterocycles. The molecule has 0 atom stereocenters. The summed E-state index contributed by atoms with van der Waals surface area (Å²) in [5.41, 5.74) is 6.72. The number of nitrogens with two attached hydrogens (primary N) is 1. The van der Waals surface area contributed by atoms with Crippen LogP contribution in [0.4, 0.5) is 0 Å². The second-order valence-corrected chi connectivity index (χ2v) is 8.69. The summed E-state index contributed by atoms with van der Waals surface area (Å²) in [7, 11) is 0. The molecule has 2 heteroatoms. The fourth-order valence-corrected chi connectivity index (χ4v) is 3.80. The van der Waals surface area contributed by atoms with Crippen molar-refractivity contribution in [3.05, 3.63) is 0 Å². The summed E-state index contributed by atoms with van der Waals surface area (Å²) in [5, 5.41) is 0. The van der Waals surface area contributed by atoms with Crippen molar-refractivity contribution in [1.29, 1.82) is 0 Å². The van der Waals surface area contributed by atoms with Crippen molar-refractivity contribution >= 4 is 0 Å². The fraction of sp³-hybridized carbons (Fsp3) is 1.00. The minimum Gasteiger partial charge on any atom is -0.330 e. The predicted molar refractivity (Wildman–Crippen MR) is 94.5 cm³/mol. The fourth-order valence-electron chi connectivity index (χ4n) is 3.80. The predicted octanol–water partition coefficient (Wildman–Crippen LogP) is 4.68. The first-order chi connectivity index (χ1) is 9.75. The molecule has 1 aliphatic rings. The van der Waals surface area contributed by atoms with Gasteiger partial charge in [0.1, 0.15) is 0 Å². The van der Waals surface area contributed by atoms with E-state index in [1.54, 1.807) is 0 Å². The molecule has 1 fully saturated rings. The Hall–Kier alpha value is -0.0800. The molecule has 1 aliphatic carbocycles. The average Bonchev–Trinajstić information content (AvgIpc) is 2.47. The van der Waals surface area contributed by atoms with Gasteiger partial charge in [-0.05, 0) is 61.9 Å². The van der Waals surface area contributed by atoms with Crippen molar-refractivity contribution in [2.75, 3.05) is 19.6 Å². The Kier molecular flexibility index (Phi) is 7.19. The molecule has 0 radical (unpaired) electrons. The van der Waals surface area contributed by atoms with Crippen LogP contribution in [-0.2, 0) is 0 Å². The molecular formula is C19H40N2. The van der Waals surface area contributed by atoms with Crippen LogP contribution < -0.4 is 5.73 Å². The lowest BCUT2D eigenvalue weighted by Gasteiger charge is -2.44. The van der Waals surface area contributed by atoms with Gasteiger partial charge in [0, 0.05) is 12.6 Å². The third kappa shape index (κ3) is 5.56. The number of rotatable bonds is 8. The molecule has 0 aromatic carbocycles. The minimum atomic E-state index is 0.245. The third-order valence-electron chi connectivity index (χ3n) is 5.92. The van der Waals surface area contributed by atoms with Crippen molar-refractivity contribution in [2.45, 2.75) is 86.1 Å². The van der Waals surface area contributed by atoms with Crippen LogP contribution in [-0.4, -0.2) is 30.6 Å². The Morgan fingerprint density at radius 3 is 2.00 bits per heavy atom. The zero-order chi connectivity index (χ0) is 16.1. The van der Waals surface area contributed by atoms with Gasteiger partial charge in [0.15, 0.2) is 0 Å². The average molecular weight is 297 g/mol. The Bertz CT molecular complexity index is 288. The molecule has 0 aromatic rings. The summed E-state index contributed by atoms with van der Waals surface area (Å²) in [6.07, 6.45) is 8.15. The summed E-state index contributed by atoms with van der Waals surface area (Å²) in [6.45, 7) is 17.3. The van der Waals surface area contributed by atoms with E-state index >= 15 is 0 Å². The van der Waals surface area contributed by atoms with Crippen LogP contribution in [0.5, 0.6) is 0 Å². The Morgan fingerprint density at radius 2 is 1.57 bits per heavy atom. The van der Waals surface area contributed by atoms with E-state index in [-0.39, 0.29) is 5.41 Å². The van der Waals surface area contributed by atoms with Gasteiger partial charge in [-0.2, -0.15) is 0 Å². The molecule has 0 aromatic heterocycles. The molecule has 2 nitrogen and oxygen atoms in total. The van der Waals surface area contributed by atoms with E-state index in [1.165, 1.54) is 45.1 Å². The van der Waals surface area contributed by atoms with Gasteiger partial charge in [-0.1, -0.05) is 48.0 Å². The standard InChI is InChI=1S/C19H40N2/c1-7-13-21(15-18(3,4)14-20)17-11-9-16(10-12-17)19(5,6)8-2/h16-17H,7-15,20H2,1-6H3. The summed E-state index contributed by atoms with van der Waals surface area (Å²) in [4.78, 5) is 2.74. The van der Waals surface area contributed by atoms with E-state index in [9.17, 15) is 0 Å². The second kappa shape index (κ2) is 7.97. The lowest BCUT2D eigenvalue weighted by molar-refractivity contribution is 0.0639. The van der Waals surface area contributed by atoms with Gasteiger partial charge in [0.2, 0.25) is 0 Å². The first kappa shape index (κ1) is 19.0. The molecular weight excluding hydrogens is 256 g/mol. The zero-order valence-electron chi connectivity index (χ0n) is 15.5. The third-order valence-corrected chi connectivity index (χ3v) is 5.92. The van der Waals surface area contributed by atoms with E-state index in [1.807, 2.05) is 0 Å². The number of nitrogens with zero attached hydrogens (tertiary/aromatic N) is 1. The van der Waals surface area contributed by atoms with E-state index in [0.717, 1.165) is 25.0 Å². The lowest BCUT2D eigenvalue weighted by Crippen LogP contribution is -2.46. The highest BCUT2D eigenvalue weighted by Gasteiger charge is 2.34. The van der Waals surface area contributed by atoms with Crippen molar-refractivity contribution in [3.8, 4) is 0 Å². The summed E-state index contributed by atoms with van der Waals surface area (Å²) < 4.78 is 0. The minimum absolute atomic E-state index is 0.245. The second-order valence-electron chi connectivity index (χ2n) is 8.69. The largest absolute Gasteiger partial charge is 0.330 e. The number of hydrogen-bond donors (Lipinski definition) is 1. The quantitative estimate of drug-likeness (QED) is 0.705. The van der Waals surface area contributed by atoms with Crippen molar-refractivity contribution in [3.63, 3.8) is 0 Å². The zero-order valence-corrected chi connectivity index (χ0v) is 15.5. The van der Waals surface area contributed by atoms with Gasteiger partial charge in [-0.3, -0.25) is 4.90 Å². The van der Waals surface area contributed by atoms with Gasteiger partial charge in [-0.25, -0.2) is 0 Å². The first-order valence-corrected chi connectivity index (χ1v) is 9.20. The van der Waals surface area contributed by atoms with Gasteiger partial charge < -0.3 is 5.73 Å². The molecule has 1 saturated carbocycles. The van der Waals surface area contributed by atoms with Crippen LogP contribution in [0.25, 0.3) is 0 Å². The highest BCUT2D eigenvalue weighted by molar-refractivity contribution is 4.87. The number of hydrogen-bond acceptors (Lipinski definition) is 2. The van der Waals surface area contributed by atoms with Crippen molar-refractivity contribution in [2.24, 2.45) is 22.5 Å². The first-order valence-electron chi connectivity index (χ1n) is 9.20. The maximum absolute atomic E-state index is 5.95. The van der Waals surface area contributed by atoms with Gasteiger partial charge >= 0.3 is 0 Å². The van der Waals surface area contributed by atoms with E-state index in [4.69, 9.17) is 5.73 Å². The molecule has 0 unspecified atom stereocenters. The van der Waals surface area contributed by atoms with Gasteiger partial charge in [-0.15, -0.1) is 0 Å². The molecule has 0 saturated heterocycles. The monoisotopic (exact) mass is 296 g/mol. The Morgan fingerprint density at radius 1 is 1.00 bits per heavy atom. The van der Waals surface area contributed by atoms with Crippen molar-refractivity contribution < 1.29 is 0 Å². The SMILES string of the molecule is CCCN(CC(C)(C)CN)C1CCC(C(C)(C)CC)CC1. The van der Waals surface area contributed by atoms with Crippen LogP contribution in [0.15, 0.2) is 0 Å². The molecule has 2 N–H and O–H groups in total. The van der Waals surface area contributed by atoms with Crippen molar-refractivity contribution in [1.82, 2.24) is 4.90 Å². The van der Waals surface area contributed by atoms with Crippen LogP contribution >= 0.6 is 0 Å². The summed E-state index contributed by atoms with van der Waals surface area (Å²) in [6, 6.07) is 0.791. The van der Waals surface area contributed by atoms with Crippen LogP contribution in [0.3, 0.4) is 0 Å². The maximum atomic E-state index is 5.95. The van der Waals surface area contributed by atoms with E-state index in [2.05, 4.69) is 46.4 Å². The Labute approximate surface area is 133 Å². The molecule has 0 spiro atoms. The topological polar surface area (TPSA) is 29.3 Å². The van der Waals surface area contributed by atoms with Gasteiger partial charge in [0.05, 0.1) is 0 Å². The lowest BCUT2D eigenvalue weighted by atomic mass is 9.68. The normalized spacial score (nSPS) is 24.6. The summed E-state index contributed by atoms with van der Waals surface area (Å²) >= 11 is 0. The highest BCUT2D eigenvalue weighted by Crippen LogP contribution is 2.41. The van der Waals surface area contributed by atoms with E-state index < -0.39 is 0 Å². The van der Waals surface area contributed by atoms with E-state index in [0.29, 0.717) is 5.41 Å². The maximum Gasteiger partial charge on any atom is 0.00957 e. The Balaban J connectivity index is 2.59. The smallest absolute Gasteiger partial charge is 0.00957 e. The molecule has 21 heavy (non-hydrogen) atoms.